The van der Waals surface area contributed by atoms with Crippen LogP contribution in [0.15, 0.2) is 30.3 Å². The van der Waals surface area contributed by atoms with Gasteiger partial charge in [0.15, 0.2) is 0 Å². The molecular formula is C13H13FO. The molecule has 0 saturated heterocycles. The highest BCUT2D eigenvalue weighted by Gasteiger charge is 2.79. The van der Waals surface area contributed by atoms with Crippen LogP contribution in [0.3, 0.4) is 0 Å². The zero-order chi connectivity index (χ0) is 10.7. The second-order valence-electron chi connectivity index (χ2n) is 4.95. The largest absolute Gasteiger partial charge is 0.299 e. The molecule has 0 radical (unpaired) electrons. The normalized spacial score (nSPS) is 41.6. The second kappa shape index (κ2) is 2.49. The maximum atomic E-state index is 14.0. The van der Waals surface area contributed by atoms with Gasteiger partial charge in [-0.15, -0.1) is 0 Å². The molecule has 1 aromatic rings. The third kappa shape index (κ3) is 0.819. The topological polar surface area (TPSA) is 17.1 Å². The van der Waals surface area contributed by atoms with Gasteiger partial charge in [-0.3, -0.25) is 4.79 Å². The van der Waals surface area contributed by atoms with E-state index in [2.05, 4.69) is 0 Å². The zero-order valence-corrected chi connectivity index (χ0v) is 8.66. The number of rotatable bonds is 2. The lowest BCUT2D eigenvalue weighted by Gasteiger charge is -2.72. The van der Waals surface area contributed by atoms with Crippen molar-refractivity contribution in [3.63, 3.8) is 0 Å². The van der Waals surface area contributed by atoms with Crippen LogP contribution in [0.4, 0.5) is 4.39 Å². The molecule has 1 unspecified atom stereocenters. The minimum absolute atomic E-state index is 0.0211. The molecular weight excluding hydrogens is 191 g/mol. The van der Waals surface area contributed by atoms with E-state index in [1.165, 1.54) is 6.92 Å². The van der Waals surface area contributed by atoms with Crippen LogP contribution >= 0.6 is 0 Å². The van der Waals surface area contributed by atoms with Crippen LogP contribution < -0.4 is 0 Å². The first kappa shape index (κ1) is 9.08. The van der Waals surface area contributed by atoms with Gasteiger partial charge in [0.05, 0.1) is 5.41 Å². The molecule has 1 aromatic carbocycles. The van der Waals surface area contributed by atoms with Gasteiger partial charge in [-0.25, -0.2) is 4.39 Å². The van der Waals surface area contributed by atoms with Crippen molar-refractivity contribution in [1.29, 1.82) is 0 Å². The van der Waals surface area contributed by atoms with Crippen molar-refractivity contribution < 1.29 is 9.18 Å². The number of hydrogen-bond acceptors (Lipinski definition) is 1. The number of hydrogen-bond donors (Lipinski definition) is 0. The fourth-order valence-corrected chi connectivity index (χ4v) is 3.25. The maximum Gasteiger partial charge on any atom is 0.138 e. The summed E-state index contributed by atoms with van der Waals surface area (Å²) in [7, 11) is 0. The summed E-state index contributed by atoms with van der Waals surface area (Å²) in [5.74, 6) is 0.0211. The van der Waals surface area contributed by atoms with Gasteiger partial charge in [-0.05, 0) is 25.3 Å². The Bertz CT molecular complexity index is 417. The van der Waals surface area contributed by atoms with E-state index in [0.717, 1.165) is 5.56 Å². The van der Waals surface area contributed by atoms with Crippen molar-refractivity contribution in [2.45, 2.75) is 31.4 Å². The Morgan fingerprint density at radius 3 is 2.40 bits per heavy atom. The Kier molecular flexibility index (Phi) is 1.51. The van der Waals surface area contributed by atoms with Gasteiger partial charge in [0.25, 0.3) is 0 Å². The van der Waals surface area contributed by atoms with Gasteiger partial charge in [-0.2, -0.15) is 0 Å². The summed E-state index contributed by atoms with van der Waals surface area (Å²) in [6.07, 6.45) is 0.464. The quantitative estimate of drug-likeness (QED) is 0.723. The lowest BCUT2D eigenvalue weighted by Crippen LogP contribution is -2.77. The smallest absolute Gasteiger partial charge is 0.138 e. The van der Waals surface area contributed by atoms with Crippen LogP contribution in [0.25, 0.3) is 0 Å². The summed E-state index contributed by atoms with van der Waals surface area (Å²) in [6, 6.07) is 9.74. The molecule has 0 aliphatic heterocycles. The first-order valence-corrected chi connectivity index (χ1v) is 5.32. The first-order chi connectivity index (χ1) is 7.12. The molecule has 2 heteroatoms. The number of Topliss-reactive ketones (excluding diaryl/α,β-unsaturated/α-hetero) is 1. The molecule has 78 valence electrons. The third-order valence-corrected chi connectivity index (χ3v) is 4.28. The summed E-state index contributed by atoms with van der Waals surface area (Å²) in [6.45, 7) is 1.51. The molecule has 15 heavy (non-hydrogen) atoms. The molecule has 1 atom stereocenters. The van der Waals surface area contributed by atoms with Crippen molar-refractivity contribution >= 4 is 5.78 Å². The van der Waals surface area contributed by atoms with Crippen molar-refractivity contribution in [2.24, 2.45) is 5.41 Å². The van der Waals surface area contributed by atoms with Crippen LogP contribution in [0.5, 0.6) is 0 Å². The molecule has 2 bridgehead atoms. The highest BCUT2D eigenvalue weighted by molar-refractivity contribution is 5.88. The van der Waals surface area contributed by atoms with Crippen molar-refractivity contribution in [2.75, 3.05) is 0 Å². The molecule has 0 amide bonds. The van der Waals surface area contributed by atoms with Gasteiger partial charge in [0.1, 0.15) is 12.0 Å². The minimum atomic E-state index is -0.954. The van der Waals surface area contributed by atoms with Gasteiger partial charge < -0.3 is 0 Å². The van der Waals surface area contributed by atoms with E-state index in [-0.39, 0.29) is 11.2 Å². The Hall–Kier alpha value is -1.18. The van der Waals surface area contributed by atoms with E-state index in [1.54, 1.807) is 0 Å². The first-order valence-electron chi connectivity index (χ1n) is 5.32. The molecule has 0 heterocycles. The van der Waals surface area contributed by atoms with E-state index in [9.17, 15) is 9.18 Å². The highest BCUT2D eigenvalue weighted by Crippen LogP contribution is 2.75. The van der Waals surface area contributed by atoms with Gasteiger partial charge in [-0.1, -0.05) is 30.3 Å². The summed E-state index contributed by atoms with van der Waals surface area (Å²) >= 11 is 0. The predicted molar refractivity (Wildman–Crippen MR) is 55.4 cm³/mol. The second-order valence-corrected chi connectivity index (χ2v) is 4.95. The number of halogens is 1. The predicted octanol–water partition coefficient (Wildman–Crippen LogP) is 2.65. The highest BCUT2D eigenvalue weighted by atomic mass is 19.1. The fraction of sp³-hybridized carbons (Fsp3) is 0.462. The SMILES string of the molecule is CC(=O)C12CC(c3ccccc3)(C1)C2F. The molecule has 3 aliphatic carbocycles. The average molecular weight is 204 g/mol. The molecule has 0 aromatic heterocycles. The Labute approximate surface area is 88.3 Å². The van der Waals surface area contributed by atoms with Crippen molar-refractivity contribution in [3.05, 3.63) is 35.9 Å². The Morgan fingerprint density at radius 2 is 1.93 bits per heavy atom. The van der Waals surface area contributed by atoms with Crippen LogP contribution in [-0.4, -0.2) is 12.0 Å². The van der Waals surface area contributed by atoms with Gasteiger partial charge in [0.2, 0.25) is 0 Å². The number of benzene rings is 1. The maximum absolute atomic E-state index is 14.0. The van der Waals surface area contributed by atoms with Crippen molar-refractivity contribution in [3.8, 4) is 0 Å². The number of carbonyl (C=O) groups is 1. The number of ketones is 1. The molecule has 4 rings (SSSR count). The third-order valence-electron chi connectivity index (χ3n) is 4.28. The Balaban J connectivity index is 1.92. The van der Waals surface area contributed by atoms with Crippen LogP contribution in [0.1, 0.15) is 25.3 Å². The van der Waals surface area contributed by atoms with Crippen LogP contribution in [-0.2, 0) is 10.2 Å². The van der Waals surface area contributed by atoms with E-state index in [1.807, 2.05) is 30.3 Å². The van der Waals surface area contributed by atoms with Gasteiger partial charge >= 0.3 is 0 Å². The van der Waals surface area contributed by atoms with E-state index >= 15 is 0 Å². The van der Waals surface area contributed by atoms with E-state index in [4.69, 9.17) is 0 Å². The lowest BCUT2D eigenvalue weighted by atomic mass is 9.31. The van der Waals surface area contributed by atoms with E-state index < -0.39 is 11.6 Å². The van der Waals surface area contributed by atoms with Crippen LogP contribution in [0, 0.1) is 5.41 Å². The molecule has 3 fully saturated rings. The zero-order valence-electron chi connectivity index (χ0n) is 8.66. The van der Waals surface area contributed by atoms with E-state index in [0.29, 0.717) is 12.8 Å². The molecule has 3 aliphatic rings. The monoisotopic (exact) mass is 204 g/mol. The number of carbonyl (C=O) groups excluding carboxylic acids is 1. The summed E-state index contributed by atoms with van der Waals surface area (Å²) in [5, 5.41) is 0. The van der Waals surface area contributed by atoms with Crippen molar-refractivity contribution in [1.82, 2.24) is 0 Å². The summed E-state index contributed by atoms with van der Waals surface area (Å²) < 4.78 is 14.0. The lowest BCUT2D eigenvalue weighted by molar-refractivity contribution is -0.220. The Morgan fingerprint density at radius 1 is 1.33 bits per heavy atom. The fourth-order valence-electron chi connectivity index (χ4n) is 3.25. The molecule has 0 N–H and O–H groups in total. The molecule has 0 spiro atoms. The number of alkyl halides is 1. The van der Waals surface area contributed by atoms with Crippen LogP contribution in [0.2, 0.25) is 0 Å². The standard InChI is InChI=1S/C13H13FO/c1-9(15)12-7-13(8-12,11(12)14)10-5-3-2-4-6-10/h2-6,11H,7-8H2,1H3. The molecule has 3 saturated carbocycles. The minimum Gasteiger partial charge on any atom is -0.299 e. The summed E-state index contributed by atoms with van der Waals surface area (Å²) in [5.41, 5.74) is 0.114. The average Bonchev–Trinajstić information content (AvgIpc) is 2.17. The van der Waals surface area contributed by atoms with Gasteiger partial charge in [0, 0.05) is 5.41 Å². The summed E-state index contributed by atoms with van der Waals surface area (Å²) in [4.78, 5) is 11.3. The molecule has 1 nitrogen and oxygen atoms in total.